The van der Waals surface area contributed by atoms with E-state index in [2.05, 4.69) is 4.99 Å². The number of phenolic OH excluding ortho intramolecular Hbond substituents is 1. The molecule has 8 heteroatoms. The van der Waals surface area contributed by atoms with Gasteiger partial charge in [-0.25, -0.2) is 4.99 Å². The van der Waals surface area contributed by atoms with E-state index in [9.17, 15) is 23.1 Å². The average Bonchev–Trinajstić information content (AvgIpc) is 2.53. The minimum atomic E-state index is -4.62. The Morgan fingerprint density at radius 2 is 1.84 bits per heavy atom. The van der Waals surface area contributed by atoms with E-state index in [0.29, 0.717) is 5.39 Å². The maximum atomic E-state index is 13.1. The summed E-state index contributed by atoms with van der Waals surface area (Å²) in [4.78, 5) is 15.5. The highest BCUT2D eigenvalue weighted by Crippen LogP contribution is 2.35. The summed E-state index contributed by atoms with van der Waals surface area (Å²) in [5, 5.41) is 9.95. The molecule has 0 aliphatic heterocycles. The standard InChI is InChI=1S/C17H11F3N2O3/c18-17(19,20)12-3-1-2-4-13(12)22-16-11(15(21)24)7-9-5-6-10(23)8-14(9)25-16/h1-8,23H,(H2,21,24). The van der Waals surface area contributed by atoms with Crippen LogP contribution in [0.3, 0.4) is 0 Å². The molecule has 0 spiro atoms. The lowest BCUT2D eigenvalue weighted by Crippen LogP contribution is -2.22. The SMILES string of the molecule is NC(=O)c1cc2ccc(O)cc2oc1=Nc1ccccc1C(F)(F)F. The fourth-order valence-electron chi connectivity index (χ4n) is 2.29. The lowest BCUT2D eigenvalue weighted by Gasteiger charge is -2.09. The van der Waals surface area contributed by atoms with E-state index in [1.54, 1.807) is 0 Å². The summed E-state index contributed by atoms with van der Waals surface area (Å²) in [7, 11) is 0. The monoisotopic (exact) mass is 348 g/mol. The van der Waals surface area contributed by atoms with Gasteiger partial charge in [0.25, 0.3) is 5.91 Å². The molecule has 0 atom stereocenters. The number of benzene rings is 2. The van der Waals surface area contributed by atoms with Crippen molar-refractivity contribution in [2.24, 2.45) is 10.7 Å². The van der Waals surface area contributed by atoms with Gasteiger partial charge < -0.3 is 15.3 Å². The number of carbonyl (C=O) groups excluding carboxylic acids is 1. The molecule has 0 saturated carbocycles. The van der Waals surface area contributed by atoms with Gasteiger partial charge in [0.05, 0.1) is 11.3 Å². The van der Waals surface area contributed by atoms with Crippen LogP contribution in [-0.2, 0) is 6.18 Å². The van der Waals surface area contributed by atoms with Gasteiger partial charge in [-0.3, -0.25) is 4.79 Å². The molecule has 0 aliphatic rings. The minimum Gasteiger partial charge on any atom is -0.508 e. The van der Waals surface area contributed by atoms with E-state index in [-0.39, 0.29) is 22.5 Å². The van der Waals surface area contributed by atoms with Crippen LogP contribution in [0.25, 0.3) is 11.0 Å². The van der Waals surface area contributed by atoms with Crippen LogP contribution in [0.15, 0.2) is 57.9 Å². The summed E-state index contributed by atoms with van der Waals surface area (Å²) in [6, 6.07) is 10.1. The van der Waals surface area contributed by atoms with Crippen molar-refractivity contribution in [2.45, 2.75) is 6.18 Å². The molecule has 1 heterocycles. The van der Waals surface area contributed by atoms with Crippen LogP contribution in [0.1, 0.15) is 15.9 Å². The fraction of sp³-hybridized carbons (Fsp3) is 0.0588. The molecular weight excluding hydrogens is 337 g/mol. The number of fused-ring (bicyclic) bond motifs is 1. The molecule has 2 aromatic carbocycles. The number of hydrogen-bond acceptors (Lipinski definition) is 4. The number of amides is 1. The van der Waals surface area contributed by atoms with Crippen molar-refractivity contribution < 1.29 is 27.5 Å². The van der Waals surface area contributed by atoms with Gasteiger partial charge in [-0.1, -0.05) is 12.1 Å². The maximum absolute atomic E-state index is 13.1. The van der Waals surface area contributed by atoms with E-state index in [0.717, 1.165) is 12.1 Å². The number of rotatable bonds is 2. The first-order valence-electron chi connectivity index (χ1n) is 7.03. The van der Waals surface area contributed by atoms with Crippen LogP contribution in [0.5, 0.6) is 5.75 Å². The average molecular weight is 348 g/mol. The Morgan fingerprint density at radius 1 is 1.12 bits per heavy atom. The lowest BCUT2D eigenvalue weighted by atomic mass is 10.1. The molecule has 0 saturated heterocycles. The van der Waals surface area contributed by atoms with Crippen molar-refractivity contribution in [1.82, 2.24) is 0 Å². The van der Waals surface area contributed by atoms with Gasteiger partial charge >= 0.3 is 6.18 Å². The fourth-order valence-corrected chi connectivity index (χ4v) is 2.29. The Hall–Kier alpha value is -3.29. The molecule has 0 unspecified atom stereocenters. The first kappa shape index (κ1) is 16.6. The molecule has 3 rings (SSSR count). The van der Waals surface area contributed by atoms with Gasteiger partial charge in [-0.05, 0) is 30.3 Å². The predicted octanol–water partition coefficient (Wildman–Crippen LogP) is 3.49. The molecule has 128 valence electrons. The zero-order valence-corrected chi connectivity index (χ0v) is 12.5. The summed E-state index contributed by atoms with van der Waals surface area (Å²) >= 11 is 0. The van der Waals surface area contributed by atoms with E-state index in [1.807, 2.05) is 0 Å². The third-order valence-electron chi connectivity index (χ3n) is 3.43. The Bertz CT molecular complexity index is 1040. The number of primary amides is 1. The molecular formula is C17H11F3N2O3. The number of halogens is 3. The number of phenols is 1. The molecule has 1 aromatic heterocycles. The molecule has 3 aromatic rings. The highest BCUT2D eigenvalue weighted by molar-refractivity contribution is 5.95. The van der Waals surface area contributed by atoms with E-state index in [4.69, 9.17) is 10.2 Å². The largest absolute Gasteiger partial charge is 0.508 e. The van der Waals surface area contributed by atoms with E-state index in [1.165, 1.54) is 36.4 Å². The summed E-state index contributed by atoms with van der Waals surface area (Å²) in [5.41, 5.74) is 3.49. The molecule has 0 fully saturated rings. The van der Waals surface area contributed by atoms with Gasteiger partial charge in [-0.2, -0.15) is 13.2 Å². The Kier molecular flexibility index (Phi) is 3.96. The van der Waals surface area contributed by atoms with Crippen LogP contribution in [0.4, 0.5) is 18.9 Å². The number of para-hydroxylation sites is 1. The predicted molar refractivity (Wildman–Crippen MR) is 83.1 cm³/mol. The quantitative estimate of drug-likeness (QED) is 0.743. The third-order valence-corrected chi connectivity index (χ3v) is 3.43. The second-order valence-electron chi connectivity index (χ2n) is 5.18. The molecule has 0 radical (unpaired) electrons. The number of hydrogen-bond donors (Lipinski definition) is 2. The zero-order chi connectivity index (χ0) is 18.2. The van der Waals surface area contributed by atoms with Crippen molar-refractivity contribution in [3.05, 3.63) is 65.2 Å². The number of aromatic hydroxyl groups is 1. The highest BCUT2D eigenvalue weighted by atomic mass is 19.4. The van der Waals surface area contributed by atoms with Crippen molar-refractivity contribution in [2.75, 3.05) is 0 Å². The van der Waals surface area contributed by atoms with E-state index < -0.39 is 23.3 Å². The zero-order valence-electron chi connectivity index (χ0n) is 12.5. The molecule has 0 bridgehead atoms. The number of carbonyl (C=O) groups is 1. The van der Waals surface area contributed by atoms with Gasteiger partial charge in [0.15, 0.2) is 0 Å². The van der Waals surface area contributed by atoms with Crippen LogP contribution < -0.4 is 11.3 Å². The number of nitrogens with two attached hydrogens (primary N) is 1. The Balaban J connectivity index is 2.33. The Morgan fingerprint density at radius 3 is 2.52 bits per heavy atom. The first-order chi connectivity index (χ1) is 11.8. The van der Waals surface area contributed by atoms with Crippen molar-refractivity contribution in [3.63, 3.8) is 0 Å². The van der Waals surface area contributed by atoms with Crippen LogP contribution in [0.2, 0.25) is 0 Å². The van der Waals surface area contributed by atoms with Gasteiger partial charge in [0.2, 0.25) is 5.55 Å². The summed E-state index contributed by atoms with van der Waals surface area (Å²) < 4.78 is 44.7. The third kappa shape index (κ3) is 3.32. The van der Waals surface area contributed by atoms with Crippen LogP contribution in [0, 0.1) is 0 Å². The second-order valence-corrected chi connectivity index (χ2v) is 5.18. The summed E-state index contributed by atoms with van der Waals surface area (Å²) in [6.45, 7) is 0. The topological polar surface area (TPSA) is 88.8 Å². The minimum absolute atomic E-state index is 0.107. The van der Waals surface area contributed by atoms with Crippen LogP contribution >= 0.6 is 0 Å². The summed E-state index contributed by atoms with van der Waals surface area (Å²) in [6.07, 6.45) is -4.62. The highest BCUT2D eigenvalue weighted by Gasteiger charge is 2.33. The lowest BCUT2D eigenvalue weighted by molar-refractivity contribution is -0.137. The van der Waals surface area contributed by atoms with Gasteiger partial charge in [-0.15, -0.1) is 0 Å². The van der Waals surface area contributed by atoms with Crippen molar-refractivity contribution >= 4 is 22.6 Å². The Labute approximate surface area is 138 Å². The molecule has 0 aliphatic carbocycles. The van der Waals surface area contributed by atoms with Crippen molar-refractivity contribution in [3.8, 4) is 5.75 Å². The molecule has 5 nitrogen and oxygen atoms in total. The second kappa shape index (κ2) is 5.97. The molecule has 3 N–H and O–H groups in total. The van der Waals surface area contributed by atoms with Crippen molar-refractivity contribution in [1.29, 1.82) is 0 Å². The number of alkyl halides is 3. The number of nitrogens with zero attached hydrogens (tertiary/aromatic N) is 1. The smallest absolute Gasteiger partial charge is 0.418 e. The normalized spacial score (nSPS) is 12.5. The molecule has 25 heavy (non-hydrogen) atoms. The molecule has 1 amide bonds. The maximum Gasteiger partial charge on any atom is 0.418 e. The van der Waals surface area contributed by atoms with Gasteiger partial charge in [0, 0.05) is 11.5 Å². The summed E-state index contributed by atoms with van der Waals surface area (Å²) in [5.74, 6) is -1.01. The van der Waals surface area contributed by atoms with Crippen LogP contribution in [-0.4, -0.2) is 11.0 Å². The first-order valence-corrected chi connectivity index (χ1v) is 7.03. The van der Waals surface area contributed by atoms with Gasteiger partial charge in [0.1, 0.15) is 16.9 Å². The van der Waals surface area contributed by atoms with E-state index >= 15 is 0 Å².